The number of benzene rings is 1. The van der Waals surface area contributed by atoms with Gasteiger partial charge in [-0.15, -0.1) is 0 Å². The molecule has 0 spiro atoms. The molecule has 3 aliphatic rings. The maximum absolute atomic E-state index is 13.9. The van der Waals surface area contributed by atoms with E-state index in [-0.39, 0.29) is 12.0 Å². The van der Waals surface area contributed by atoms with Crippen LogP contribution in [0.4, 0.5) is 22.0 Å². The van der Waals surface area contributed by atoms with Crippen molar-refractivity contribution < 1.29 is 63.5 Å². The lowest BCUT2D eigenvalue weighted by Crippen LogP contribution is -2.54. The summed E-state index contributed by atoms with van der Waals surface area (Å²) >= 11 is 0. The number of aryl methyl sites for hydroxylation is 3. The molecule has 1 aliphatic heterocycles. The topological polar surface area (TPSA) is 136 Å². The second-order valence-electron chi connectivity index (χ2n) is 9.53. The number of halogens is 5. The molecule has 0 amide bonds. The van der Waals surface area contributed by atoms with E-state index < -0.39 is 81.4 Å². The SMILES string of the molecule is Cc1cc(C)c(C(=O)OC2C3CC4C2OC(=O)C4C3C(=O)OC(C(F)(F)F)C(F)(F)S(=O)(=O)[O-])c(C)c1. The number of ether oxygens (including phenoxy) is 3. The van der Waals surface area contributed by atoms with Crippen LogP contribution in [0, 0.1) is 44.4 Å². The van der Waals surface area contributed by atoms with E-state index in [1.165, 1.54) is 0 Å². The van der Waals surface area contributed by atoms with E-state index >= 15 is 0 Å². The third-order valence-electron chi connectivity index (χ3n) is 7.11. The zero-order valence-electron chi connectivity index (χ0n) is 19.4. The van der Waals surface area contributed by atoms with Crippen molar-refractivity contribution in [3.05, 3.63) is 34.4 Å². The lowest BCUT2D eigenvalue weighted by atomic mass is 9.78. The molecule has 15 heteroatoms. The molecule has 37 heavy (non-hydrogen) atoms. The summed E-state index contributed by atoms with van der Waals surface area (Å²) in [6.45, 7) is 5.09. The first kappa shape index (κ1) is 27.2. The fraction of sp³-hybridized carbons (Fsp3) is 0.591. The zero-order chi connectivity index (χ0) is 27.8. The van der Waals surface area contributed by atoms with Crippen molar-refractivity contribution in [2.45, 2.75) is 56.9 Å². The fourth-order valence-electron chi connectivity index (χ4n) is 5.81. The van der Waals surface area contributed by atoms with E-state index in [4.69, 9.17) is 9.47 Å². The van der Waals surface area contributed by atoms with Gasteiger partial charge in [0.15, 0.2) is 10.1 Å². The van der Waals surface area contributed by atoms with Gasteiger partial charge in [-0.2, -0.15) is 22.0 Å². The summed E-state index contributed by atoms with van der Waals surface area (Å²) < 4.78 is 115. The molecule has 4 rings (SSSR count). The number of esters is 3. The normalized spacial score (nSPS) is 29.7. The van der Waals surface area contributed by atoms with Crippen LogP contribution in [0.2, 0.25) is 0 Å². The highest BCUT2D eigenvalue weighted by molar-refractivity contribution is 7.86. The third-order valence-corrected chi connectivity index (χ3v) is 7.99. The van der Waals surface area contributed by atoms with Gasteiger partial charge < -0.3 is 18.8 Å². The number of carbonyl (C=O) groups is 3. The molecule has 2 aliphatic carbocycles. The Balaban J connectivity index is 1.63. The number of rotatable bonds is 6. The lowest BCUT2D eigenvalue weighted by Gasteiger charge is -2.33. The molecule has 7 unspecified atom stereocenters. The van der Waals surface area contributed by atoms with E-state index in [0.717, 1.165) is 5.56 Å². The Hall–Kier alpha value is -2.81. The van der Waals surface area contributed by atoms with Crippen molar-refractivity contribution in [1.82, 2.24) is 0 Å². The molecular weight excluding hydrogens is 535 g/mol. The van der Waals surface area contributed by atoms with Crippen molar-refractivity contribution in [2.24, 2.45) is 23.7 Å². The minimum atomic E-state index is -6.90. The average molecular weight is 555 g/mol. The first-order chi connectivity index (χ1) is 16.9. The van der Waals surface area contributed by atoms with Gasteiger partial charge in [-0.3, -0.25) is 9.59 Å². The number of carbonyl (C=O) groups excluding carboxylic acids is 3. The van der Waals surface area contributed by atoms with E-state index in [1.54, 1.807) is 32.9 Å². The molecule has 0 aromatic heterocycles. The van der Waals surface area contributed by atoms with E-state index in [2.05, 4.69) is 4.74 Å². The van der Waals surface area contributed by atoms with Crippen LogP contribution in [-0.2, 0) is 33.9 Å². The molecule has 9 nitrogen and oxygen atoms in total. The molecule has 0 radical (unpaired) electrons. The van der Waals surface area contributed by atoms with E-state index in [1.807, 2.05) is 0 Å². The van der Waals surface area contributed by atoms with Crippen molar-refractivity contribution in [1.29, 1.82) is 0 Å². The Kier molecular flexibility index (Phi) is 6.34. The molecule has 204 valence electrons. The first-order valence-corrected chi connectivity index (χ1v) is 12.4. The first-order valence-electron chi connectivity index (χ1n) is 11.0. The monoisotopic (exact) mass is 555 g/mol. The molecule has 1 heterocycles. The summed E-state index contributed by atoms with van der Waals surface area (Å²) in [5.74, 6) is -8.94. The maximum Gasteiger partial charge on any atom is 0.432 e. The second kappa shape index (κ2) is 8.61. The van der Waals surface area contributed by atoms with Crippen LogP contribution >= 0.6 is 0 Å². The third kappa shape index (κ3) is 4.35. The Morgan fingerprint density at radius 1 is 1.08 bits per heavy atom. The van der Waals surface area contributed by atoms with Gasteiger partial charge >= 0.3 is 29.3 Å². The molecule has 3 fully saturated rings. The fourth-order valence-corrected chi connectivity index (χ4v) is 6.25. The van der Waals surface area contributed by atoms with Crippen molar-refractivity contribution in [3.63, 3.8) is 0 Å². The molecule has 2 bridgehead atoms. The van der Waals surface area contributed by atoms with Crippen LogP contribution in [0.25, 0.3) is 0 Å². The van der Waals surface area contributed by atoms with E-state index in [9.17, 15) is 49.3 Å². The van der Waals surface area contributed by atoms with Gasteiger partial charge in [-0.1, -0.05) is 17.7 Å². The van der Waals surface area contributed by atoms with Gasteiger partial charge in [0.25, 0.3) is 6.10 Å². The number of fused-ring (bicyclic) bond motifs is 1. The van der Waals surface area contributed by atoms with E-state index in [0.29, 0.717) is 11.1 Å². The quantitative estimate of drug-likeness (QED) is 0.225. The summed E-state index contributed by atoms with van der Waals surface area (Å²) in [6.07, 6.45) is -13.1. The van der Waals surface area contributed by atoms with Crippen molar-refractivity contribution in [3.8, 4) is 0 Å². The minimum absolute atomic E-state index is 0.0302. The Labute approximate surface area is 207 Å². The molecule has 1 aromatic carbocycles. The summed E-state index contributed by atoms with van der Waals surface area (Å²) in [7, 11) is -6.90. The molecule has 7 atom stereocenters. The minimum Gasteiger partial charge on any atom is -0.743 e. The highest BCUT2D eigenvalue weighted by atomic mass is 32.2. The van der Waals surface area contributed by atoms with Crippen LogP contribution in [0.3, 0.4) is 0 Å². The number of alkyl halides is 5. The molecule has 0 N–H and O–H groups in total. The molecular formula is C22H20F5O9S-. The molecule has 1 saturated heterocycles. The molecule has 2 saturated carbocycles. The largest absolute Gasteiger partial charge is 0.743 e. The van der Waals surface area contributed by atoms with Crippen molar-refractivity contribution >= 4 is 28.0 Å². The maximum atomic E-state index is 13.9. The number of hydrogen-bond acceptors (Lipinski definition) is 9. The number of hydrogen-bond donors (Lipinski definition) is 0. The summed E-state index contributed by atoms with van der Waals surface area (Å²) in [5.41, 5.74) is 2.15. The van der Waals surface area contributed by atoms with Crippen LogP contribution < -0.4 is 0 Å². The Morgan fingerprint density at radius 3 is 2.16 bits per heavy atom. The Bertz CT molecular complexity index is 1250. The summed E-state index contributed by atoms with van der Waals surface area (Å²) in [4.78, 5) is 38.1. The van der Waals surface area contributed by atoms with Gasteiger partial charge in [0.2, 0.25) is 0 Å². The van der Waals surface area contributed by atoms with Crippen LogP contribution in [0.5, 0.6) is 0 Å². The smallest absolute Gasteiger partial charge is 0.432 e. The highest BCUT2D eigenvalue weighted by Crippen LogP contribution is 2.59. The van der Waals surface area contributed by atoms with Gasteiger partial charge in [0.1, 0.15) is 12.2 Å². The predicted octanol–water partition coefficient (Wildman–Crippen LogP) is 2.56. The van der Waals surface area contributed by atoms with Gasteiger partial charge in [0.05, 0.1) is 17.4 Å². The highest BCUT2D eigenvalue weighted by Gasteiger charge is 2.71. The van der Waals surface area contributed by atoms with Crippen LogP contribution in [0.15, 0.2) is 12.1 Å². The molecule has 1 aromatic rings. The lowest BCUT2D eigenvalue weighted by molar-refractivity contribution is -0.262. The second-order valence-corrected chi connectivity index (χ2v) is 11.0. The standard InChI is InChI=1S/C22H21F5O9S/c1-7-4-8(2)12(9(3)5-7)17(28)34-15-11-6-10-13(18(29)35-16(10)15)14(11)19(30)36-20(21(23,24)25)22(26,27)37(31,32)33/h4-5,10-11,13-16,20H,6H2,1-3H3,(H,31,32,33)/p-1. The van der Waals surface area contributed by atoms with Crippen molar-refractivity contribution in [2.75, 3.05) is 0 Å². The summed E-state index contributed by atoms with van der Waals surface area (Å²) in [5, 5.41) is -6.04. The zero-order valence-corrected chi connectivity index (χ0v) is 20.2. The van der Waals surface area contributed by atoms with Crippen LogP contribution in [-0.4, -0.2) is 60.6 Å². The Morgan fingerprint density at radius 2 is 1.65 bits per heavy atom. The average Bonchev–Trinajstić information content (AvgIpc) is 3.33. The van der Waals surface area contributed by atoms with Gasteiger partial charge in [0, 0.05) is 11.8 Å². The van der Waals surface area contributed by atoms with Gasteiger partial charge in [-0.05, 0) is 38.3 Å². The summed E-state index contributed by atoms with van der Waals surface area (Å²) in [6, 6.07) is 3.41. The predicted molar refractivity (Wildman–Crippen MR) is 109 cm³/mol. The van der Waals surface area contributed by atoms with Gasteiger partial charge in [-0.25, -0.2) is 13.2 Å². The van der Waals surface area contributed by atoms with Crippen LogP contribution in [0.1, 0.15) is 33.5 Å².